The van der Waals surface area contributed by atoms with Gasteiger partial charge in [-0.2, -0.15) is 0 Å². The molecule has 1 aromatic heterocycles. The van der Waals surface area contributed by atoms with Crippen LogP contribution in [0.25, 0.3) is 0 Å². The molecule has 0 aliphatic carbocycles. The molecule has 0 aliphatic rings. The summed E-state index contributed by atoms with van der Waals surface area (Å²) in [6.45, 7) is 0. The number of ether oxygens (including phenoxy) is 1. The summed E-state index contributed by atoms with van der Waals surface area (Å²) >= 11 is 13.7. The van der Waals surface area contributed by atoms with Gasteiger partial charge in [-0.1, -0.05) is 16.7 Å². The lowest BCUT2D eigenvalue weighted by molar-refractivity contribution is 0.470. The van der Waals surface area contributed by atoms with Gasteiger partial charge in [0.15, 0.2) is 3.92 Å². The van der Waals surface area contributed by atoms with Crippen molar-refractivity contribution in [2.75, 3.05) is 0 Å². The molecule has 0 N–H and O–H groups in total. The Morgan fingerprint density at radius 2 is 2.07 bits per heavy atom. The normalized spacial score (nSPS) is 10.3. The van der Waals surface area contributed by atoms with Crippen LogP contribution in [0.3, 0.4) is 0 Å². The Labute approximate surface area is 112 Å². The Morgan fingerprint density at radius 3 is 2.67 bits per heavy atom. The molecular formula is C8H3Br2ClN2OS. The molecule has 2 rings (SSSR count). The summed E-state index contributed by atoms with van der Waals surface area (Å²) in [4.78, 5) is 0. The van der Waals surface area contributed by atoms with E-state index in [4.69, 9.17) is 16.3 Å². The Balaban J connectivity index is 2.24. The molecule has 0 spiro atoms. The van der Waals surface area contributed by atoms with Gasteiger partial charge in [0.25, 0.3) is 5.19 Å². The lowest BCUT2D eigenvalue weighted by atomic mass is 10.3. The van der Waals surface area contributed by atoms with Crippen LogP contribution >= 0.6 is 54.8 Å². The SMILES string of the molecule is Clc1ccc(Oc2nnc(Br)s2)c(Br)c1. The molecule has 1 aromatic carbocycles. The minimum Gasteiger partial charge on any atom is -0.429 e. The van der Waals surface area contributed by atoms with Crippen LogP contribution in [0.15, 0.2) is 26.6 Å². The first-order valence-corrected chi connectivity index (χ1v) is 6.55. The Morgan fingerprint density at radius 1 is 1.27 bits per heavy atom. The molecule has 15 heavy (non-hydrogen) atoms. The third kappa shape index (κ3) is 2.90. The molecule has 0 saturated heterocycles. The van der Waals surface area contributed by atoms with Gasteiger partial charge in [0.1, 0.15) is 5.75 Å². The van der Waals surface area contributed by atoms with Crippen LogP contribution in [0.5, 0.6) is 10.9 Å². The number of hydrogen-bond donors (Lipinski definition) is 0. The first-order chi connectivity index (χ1) is 7.15. The highest BCUT2D eigenvalue weighted by Crippen LogP contribution is 2.33. The number of rotatable bonds is 2. The van der Waals surface area contributed by atoms with Crippen LogP contribution < -0.4 is 4.74 Å². The van der Waals surface area contributed by atoms with Gasteiger partial charge in [-0.05, 0) is 61.4 Å². The largest absolute Gasteiger partial charge is 0.429 e. The molecule has 0 atom stereocenters. The van der Waals surface area contributed by atoms with Gasteiger partial charge in [0.2, 0.25) is 0 Å². The molecule has 7 heteroatoms. The average Bonchev–Trinajstić information content (AvgIpc) is 2.56. The summed E-state index contributed by atoms with van der Waals surface area (Å²) < 4.78 is 6.96. The third-order valence-electron chi connectivity index (χ3n) is 1.47. The molecule has 0 bridgehead atoms. The van der Waals surface area contributed by atoms with Crippen molar-refractivity contribution in [3.63, 3.8) is 0 Å². The number of nitrogens with zero attached hydrogens (tertiary/aromatic N) is 2. The van der Waals surface area contributed by atoms with Gasteiger partial charge in [-0.25, -0.2) is 0 Å². The zero-order chi connectivity index (χ0) is 10.8. The van der Waals surface area contributed by atoms with Gasteiger partial charge < -0.3 is 4.74 Å². The summed E-state index contributed by atoms with van der Waals surface area (Å²) in [7, 11) is 0. The molecule has 0 amide bonds. The maximum absolute atomic E-state index is 5.81. The summed E-state index contributed by atoms with van der Waals surface area (Å²) in [5, 5.41) is 8.72. The predicted molar refractivity (Wildman–Crippen MR) is 66.8 cm³/mol. The van der Waals surface area contributed by atoms with E-state index < -0.39 is 0 Å². The first kappa shape index (κ1) is 11.3. The van der Waals surface area contributed by atoms with Gasteiger partial charge in [-0.15, -0.1) is 5.10 Å². The van der Waals surface area contributed by atoms with Crippen LogP contribution in [-0.4, -0.2) is 10.2 Å². The number of hydrogen-bond acceptors (Lipinski definition) is 4. The van der Waals surface area contributed by atoms with Crippen molar-refractivity contribution in [1.29, 1.82) is 0 Å². The van der Waals surface area contributed by atoms with E-state index in [1.54, 1.807) is 18.2 Å². The highest BCUT2D eigenvalue weighted by molar-refractivity contribution is 9.11. The van der Waals surface area contributed by atoms with Gasteiger partial charge in [-0.3, -0.25) is 0 Å². The molecule has 3 nitrogen and oxygen atoms in total. The van der Waals surface area contributed by atoms with Crippen molar-refractivity contribution in [3.05, 3.63) is 31.6 Å². The molecule has 2 aromatic rings. The van der Waals surface area contributed by atoms with Gasteiger partial charge >= 0.3 is 0 Å². The van der Waals surface area contributed by atoms with Crippen molar-refractivity contribution in [2.24, 2.45) is 0 Å². The maximum atomic E-state index is 5.81. The molecule has 0 fully saturated rings. The van der Waals surface area contributed by atoms with Crippen LogP contribution in [0.4, 0.5) is 0 Å². The highest BCUT2D eigenvalue weighted by atomic mass is 79.9. The monoisotopic (exact) mass is 368 g/mol. The molecule has 0 saturated carbocycles. The second-order valence-electron chi connectivity index (χ2n) is 2.50. The van der Waals surface area contributed by atoms with Crippen LogP contribution in [0, 0.1) is 0 Å². The zero-order valence-electron chi connectivity index (χ0n) is 7.08. The van der Waals surface area contributed by atoms with Crippen molar-refractivity contribution >= 4 is 54.8 Å². The van der Waals surface area contributed by atoms with E-state index >= 15 is 0 Å². The summed E-state index contributed by atoms with van der Waals surface area (Å²) in [5.74, 6) is 0.656. The summed E-state index contributed by atoms with van der Waals surface area (Å²) in [6, 6.07) is 5.27. The van der Waals surface area contributed by atoms with Gasteiger partial charge in [0.05, 0.1) is 4.47 Å². The van der Waals surface area contributed by atoms with E-state index in [-0.39, 0.29) is 0 Å². The van der Waals surface area contributed by atoms with Crippen molar-refractivity contribution in [3.8, 4) is 10.9 Å². The molecule has 0 aliphatic heterocycles. The lowest BCUT2D eigenvalue weighted by Gasteiger charge is -2.03. The summed E-state index contributed by atoms with van der Waals surface area (Å²) in [6.07, 6.45) is 0. The van der Waals surface area contributed by atoms with Crippen molar-refractivity contribution in [2.45, 2.75) is 0 Å². The van der Waals surface area contributed by atoms with Crippen LogP contribution in [0.1, 0.15) is 0 Å². The summed E-state index contributed by atoms with van der Waals surface area (Å²) in [5.41, 5.74) is 0. The fourth-order valence-electron chi connectivity index (χ4n) is 0.886. The van der Waals surface area contributed by atoms with E-state index in [1.165, 1.54) is 11.3 Å². The van der Waals surface area contributed by atoms with E-state index in [0.717, 1.165) is 4.47 Å². The minimum absolute atomic E-state index is 0.477. The van der Waals surface area contributed by atoms with E-state index in [2.05, 4.69) is 42.1 Å². The second kappa shape index (κ2) is 4.78. The molecule has 78 valence electrons. The smallest absolute Gasteiger partial charge is 0.300 e. The number of halogens is 3. The Kier molecular flexibility index (Phi) is 3.60. The lowest BCUT2D eigenvalue weighted by Crippen LogP contribution is -1.84. The zero-order valence-corrected chi connectivity index (χ0v) is 11.8. The number of benzene rings is 1. The minimum atomic E-state index is 0.477. The fourth-order valence-corrected chi connectivity index (χ4v) is 2.58. The number of aromatic nitrogens is 2. The van der Waals surface area contributed by atoms with Crippen LogP contribution in [0.2, 0.25) is 5.02 Å². The van der Waals surface area contributed by atoms with E-state index in [0.29, 0.717) is 19.9 Å². The maximum Gasteiger partial charge on any atom is 0.300 e. The fraction of sp³-hybridized carbons (Fsp3) is 0. The van der Waals surface area contributed by atoms with E-state index in [9.17, 15) is 0 Å². The van der Waals surface area contributed by atoms with Crippen molar-refractivity contribution < 1.29 is 4.74 Å². The van der Waals surface area contributed by atoms with Gasteiger partial charge in [0, 0.05) is 5.02 Å². The molecule has 0 unspecified atom stereocenters. The second-order valence-corrected chi connectivity index (χ2v) is 6.00. The van der Waals surface area contributed by atoms with Crippen molar-refractivity contribution in [1.82, 2.24) is 10.2 Å². The third-order valence-corrected chi connectivity index (χ3v) is 3.56. The topological polar surface area (TPSA) is 35.0 Å². The van der Waals surface area contributed by atoms with Crippen LogP contribution in [-0.2, 0) is 0 Å². The molecule has 0 radical (unpaired) electrons. The quantitative estimate of drug-likeness (QED) is 0.780. The Hall–Kier alpha value is -0.170. The predicted octanol–water partition coefficient (Wildman–Crippen LogP) is 4.51. The highest BCUT2D eigenvalue weighted by Gasteiger charge is 2.07. The standard InChI is InChI=1S/C8H3Br2ClN2OS/c9-5-3-4(11)1-2-6(5)14-8-13-12-7(10)15-8/h1-3H. The van der Waals surface area contributed by atoms with E-state index in [1.807, 2.05) is 0 Å². The molecule has 1 heterocycles. The average molecular weight is 370 g/mol. The Bertz CT molecular complexity index is 491. The molecular weight excluding hydrogens is 367 g/mol. The first-order valence-electron chi connectivity index (χ1n) is 3.77.